The molecule has 5 heteroatoms. The summed E-state index contributed by atoms with van der Waals surface area (Å²) in [6.07, 6.45) is 0. The van der Waals surface area contributed by atoms with Crippen LogP contribution in [0.15, 0.2) is 60.7 Å². The van der Waals surface area contributed by atoms with Gasteiger partial charge in [0.15, 0.2) is 0 Å². The van der Waals surface area contributed by atoms with E-state index in [9.17, 15) is 0 Å². The molecule has 0 amide bonds. The largest absolute Gasteiger partial charge is 0.339 e. The Kier molecular flexibility index (Phi) is 3.92. The highest BCUT2D eigenvalue weighted by Gasteiger charge is 2.13. The molecule has 0 fully saturated rings. The van der Waals surface area contributed by atoms with Crippen LogP contribution < -0.4 is 5.32 Å². The zero-order valence-electron chi connectivity index (χ0n) is 13.0. The first-order valence-corrected chi connectivity index (χ1v) is 8.75. The maximum atomic E-state index is 6.13. The van der Waals surface area contributed by atoms with E-state index in [1.165, 1.54) is 5.56 Å². The molecule has 0 aliphatic heterocycles. The number of nitrogens with zero attached hydrogens (tertiary/aromatic N) is 2. The molecule has 4 aromatic rings. The van der Waals surface area contributed by atoms with E-state index in [1.54, 1.807) is 11.3 Å². The van der Waals surface area contributed by atoms with E-state index in [1.807, 2.05) is 36.4 Å². The summed E-state index contributed by atoms with van der Waals surface area (Å²) in [6, 6.07) is 20.5. The van der Waals surface area contributed by atoms with Gasteiger partial charge in [0.2, 0.25) is 5.28 Å². The molecule has 4 rings (SSSR count). The number of fused-ring (bicyclic) bond motifs is 1. The van der Waals surface area contributed by atoms with Gasteiger partial charge in [0.05, 0.1) is 5.39 Å². The molecule has 0 bridgehead atoms. The molecule has 0 radical (unpaired) electrons. The minimum Gasteiger partial charge on any atom is -0.339 e. The lowest BCUT2D eigenvalue weighted by molar-refractivity contribution is 1.23. The normalized spacial score (nSPS) is 10.9. The maximum absolute atomic E-state index is 6.13. The van der Waals surface area contributed by atoms with Crippen LogP contribution in [0.25, 0.3) is 20.7 Å². The molecule has 2 aromatic heterocycles. The lowest BCUT2D eigenvalue weighted by Gasteiger charge is -2.09. The summed E-state index contributed by atoms with van der Waals surface area (Å²) in [6.45, 7) is 2.06. The predicted octanol–water partition coefficient (Wildman–Crippen LogP) is 6.06. The minimum absolute atomic E-state index is 0.250. The number of hydrogen-bond acceptors (Lipinski definition) is 4. The van der Waals surface area contributed by atoms with Crippen molar-refractivity contribution in [2.45, 2.75) is 6.92 Å². The molecular weight excluding hydrogens is 338 g/mol. The molecule has 0 unspecified atom stereocenters. The fourth-order valence-corrected chi connectivity index (χ4v) is 3.83. The summed E-state index contributed by atoms with van der Waals surface area (Å²) < 4.78 is 0. The van der Waals surface area contributed by atoms with Crippen molar-refractivity contribution in [1.29, 1.82) is 0 Å². The molecule has 0 saturated heterocycles. The van der Waals surface area contributed by atoms with Crippen LogP contribution in [0.3, 0.4) is 0 Å². The number of benzene rings is 2. The first-order valence-electron chi connectivity index (χ1n) is 7.56. The van der Waals surface area contributed by atoms with Gasteiger partial charge in [-0.1, -0.05) is 48.5 Å². The van der Waals surface area contributed by atoms with Gasteiger partial charge < -0.3 is 5.32 Å². The van der Waals surface area contributed by atoms with E-state index < -0.39 is 0 Å². The topological polar surface area (TPSA) is 37.8 Å². The smallest absolute Gasteiger partial charge is 0.225 e. The van der Waals surface area contributed by atoms with Crippen molar-refractivity contribution < 1.29 is 0 Å². The number of para-hydroxylation sites is 1. The van der Waals surface area contributed by atoms with Crippen LogP contribution in [0.1, 0.15) is 5.56 Å². The molecule has 0 atom stereocenters. The molecule has 2 aromatic carbocycles. The van der Waals surface area contributed by atoms with Crippen LogP contribution in [0.4, 0.5) is 11.5 Å². The highest BCUT2D eigenvalue weighted by molar-refractivity contribution is 7.22. The molecule has 2 heterocycles. The van der Waals surface area contributed by atoms with E-state index in [0.29, 0.717) is 0 Å². The van der Waals surface area contributed by atoms with Crippen molar-refractivity contribution in [3.63, 3.8) is 0 Å². The van der Waals surface area contributed by atoms with Gasteiger partial charge in [-0.15, -0.1) is 11.3 Å². The predicted molar refractivity (Wildman–Crippen MR) is 102 cm³/mol. The molecule has 0 aliphatic carbocycles. The standard InChI is InChI=1S/C19H14ClN3S/c1-12-7-5-6-10-15(12)21-17-14-11-16(13-8-3-2-4-9-13)24-18(14)23-19(20)22-17/h2-11H,1H3,(H,21,22,23). The molecule has 24 heavy (non-hydrogen) atoms. The molecule has 1 N–H and O–H groups in total. The summed E-state index contributed by atoms with van der Waals surface area (Å²) in [4.78, 5) is 10.8. The SMILES string of the molecule is Cc1ccccc1Nc1nc(Cl)nc2sc(-c3ccccc3)cc12. The third-order valence-corrected chi connectivity index (χ3v) is 5.07. The Bertz CT molecular complexity index is 1010. The third-order valence-electron chi connectivity index (χ3n) is 3.82. The fourth-order valence-electron chi connectivity index (χ4n) is 2.58. The summed E-state index contributed by atoms with van der Waals surface area (Å²) >= 11 is 7.75. The lowest BCUT2D eigenvalue weighted by Crippen LogP contribution is -1.97. The number of aryl methyl sites for hydroxylation is 1. The van der Waals surface area contributed by atoms with Crippen LogP contribution in [0.2, 0.25) is 5.28 Å². The molecule has 0 saturated carbocycles. The van der Waals surface area contributed by atoms with E-state index in [0.717, 1.165) is 32.2 Å². The first kappa shape index (κ1) is 15.1. The second-order valence-corrected chi connectivity index (χ2v) is 6.85. The highest BCUT2D eigenvalue weighted by Crippen LogP contribution is 2.37. The summed E-state index contributed by atoms with van der Waals surface area (Å²) in [5, 5.41) is 4.62. The maximum Gasteiger partial charge on any atom is 0.225 e. The van der Waals surface area contributed by atoms with Crippen LogP contribution >= 0.6 is 22.9 Å². The van der Waals surface area contributed by atoms with Crippen LogP contribution in [-0.2, 0) is 0 Å². The van der Waals surface area contributed by atoms with Gasteiger partial charge in [-0.25, -0.2) is 4.98 Å². The number of nitrogens with one attached hydrogen (secondary N) is 1. The second kappa shape index (κ2) is 6.23. The van der Waals surface area contributed by atoms with Crippen LogP contribution in [0, 0.1) is 6.92 Å². The number of aromatic nitrogens is 2. The van der Waals surface area contributed by atoms with E-state index >= 15 is 0 Å². The Labute approximate surface area is 149 Å². The summed E-state index contributed by atoms with van der Waals surface area (Å²) in [5.41, 5.74) is 3.33. The number of halogens is 1. The van der Waals surface area contributed by atoms with Crippen LogP contribution in [-0.4, -0.2) is 9.97 Å². The quantitative estimate of drug-likeness (QED) is 0.455. The monoisotopic (exact) mass is 351 g/mol. The number of thiophene rings is 1. The summed E-state index contributed by atoms with van der Waals surface area (Å²) in [7, 11) is 0. The average molecular weight is 352 g/mol. The summed E-state index contributed by atoms with van der Waals surface area (Å²) in [5.74, 6) is 0.734. The number of rotatable bonds is 3. The van der Waals surface area contributed by atoms with E-state index in [4.69, 9.17) is 11.6 Å². The fraction of sp³-hybridized carbons (Fsp3) is 0.0526. The van der Waals surface area contributed by atoms with Crippen molar-refractivity contribution >= 4 is 44.7 Å². The van der Waals surface area contributed by atoms with Crippen molar-refractivity contribution in [2.24, 2.45) is 0 Å². The molecule has 118 valence electrons. The van der Waals surface area contributed by atoms with Gasteiger partial charge in [0, 0.05) is 10.6 Å². The van der Waals surface area contributed by atoms with Gasteiger partial charge in [0.25, 0.3) is 0 Å². The first-order chi connectivity index (χ1) is 11.7. The minimum atomic E-state index is 0.250. The Morgan fingerprint density at radius 2 is 1.71 bits per heavy atom. The number of anilines is 2. The Morgan fingerprint density at radius 3 is 2.50 bits per heavy atom. The molecule has 0 aliphatic rings. The van der Waals surface area contributed by atoms with E-state index in [2.05, 4.69) is 46.5 Å². The molecule has 0 spiro atoms. The zero-order valence-corrected chi connectivity index (χ0v) is 14.5. The van der Waals surface area contributed by atoms with Gasteiger partial charge in [-0.2, -0.15) is 4.98 Å². The lowest BCUT2D eigenvalue weighted by atomic mass is 10.2. The van der Waals surface area contributed by atoms with Crippen molar-refractivity contribution in [3.05, 3.63) is 71.5 Å². The molecular formula is C19H14ClN3S. The van der Waals surface area contributed by atoms with Gasteiger partial charge >= 0.3 is 0 Å². The van der Waals surface area contributed by atoms with Crippen molar-refractivity contribution in [1.82, 2.24) is 9.97 Å². The third kappa shape index (κ3) is 2.86. The number of hydrogen-bond donors (Lipinski definition) is 1. The van der Waals surface area contributed by atoms with Crippen molar-refractivity contribution in [2.75, 3.05) is 5.32 Å². The van der Waals surface area contributed by atoms with E-state index in [-0.39, 0.29) is 5.28 Å². The molecule has 3 nitrogen and oxygen atoms in total. The Morgan fingerprint density at radius 1 is 0.958 bits per heavy atom. The van der Waals surface area contributed by atoms with Gasteiger partial charge in [0.1, 0.15) is 10.6 Å². The second-order valence-electron chi connectivity index (χ2n) is 5.48. The van der Waals surface area contributed by atoms with Gasteiger partial charge in [-0.05, 0) is 41.8 Å². The van der Waals surface area contributed by atoms with Gasteiger partial charge in [-0.3, -0.25) is 0 Å². The van der Waals surface area contributed by atoms with Crippen LogP contribution in [0.5, 0.6) is 0 Å². The average Bonchev–Trinajstić information content (AvgIpc) is 3.02. The Hall–Kier alpha value is -2.43. The zero-order chi connectivity index (χ0) is 16.5. The Balaban J connectivity index is 1.83. The highest BCUT2D eigenvalue weighted by atomic mass is 35.5. The van der Waals surface area contributed by atoms with Crippen molar-refractivity contribution in [3.8, 4) is 10.4 Å².